The maximum Gasteiger partial charge on any atom is 0.0784 e. The van der Waals surface area contributed by atoms with Crippen molar-refractivity contribution in [1.29, 1.82) is 4.78 Å². The van der Waals surface area contributed by atoms with Gasteiger partial charge in [-0.1, -0.05) is 18.2 Å². The largest absolute Gasteiger partial charge is 0.248 e. The Morgan fingerprint density at radius 1 is 1.21 bits per heavy atom. The van der Waals surface area contributed by atoms with Gasteiger partial charge < -0.3 is 0 Å². The fraction of sp³-hybridized carbons (Fsp3) is 0.455. The van der Waals surface area contributed by atoms with Crippen LogP contribution in [0, 0.1) is 10.7 Å². The third-order valence-electron chi connectivity index (χ3n) is 3.67. The Morgan fingerprint density at radius 3 is 2.21 bits per heavy atom. The second-order valence-corrected chi connectivity index (χ2v) is 6.98. The summed E-state index contributed by atoms with van der Waals surface area (Å²) >= 11 is 0. The molecule has 0 aromatic heterocycles. The number of benzene rings is 1. The highest BCUT2D eigenvalue weighted by molar-refractivity contribution is 7.94. The van der Waals surface area contributed by atoms with Crippen LogP contribution in [0.25, 0.3) is 0 Å². The molecule has 0 spiro atoms. The third kappa shape index (κ3) is 0.836. The van der Waals surface area contributed by atoms with E-state index in [1.807, 2.05) is 30.3 Å². The summed E-state index contributed by atoms with van der Waals surface area (Å²) in [5.41, 5.74) is 0. The number of hydrogen-bond donors (Lipinski definition) is 1. The van der Waals surface area contributed by atoms with Crippen LogP contribution in [0.5, 0.6) is 0 Å². The smallest absolute Gasteiger partial charge is 0.0784 e. The summed E-state index contributed by atoms with van der Waals surface area (Å²) in [6.45, 7) is 0. The Bertz CT molecular complexity index is 446. The monoisotopic (exact) mass is 207 g/mol. The molecule has 3 aliphatic carbocycles. The highest BCUT2D eigenvalue weighted by atomic mass is 32.2. The van der Waals surface area contributed by atoms with Crippen LogP contribution in [0.15, 0.2) is 35.2 Å². The van der Waals surface area contributed by atoms with Crippen LogP contribution < -0.4 is 0 Å². The Kier molecular flexibility index (Phi) is 1.45. The van der Waals surface area contributed by atoms with Gasteiger partial charge in [-0.3, -0.25) is 0 Å². The summed E-state index contributed by atoms with van der Waals surface area (Å²) in [4.78, 5) is 0.721. The van der Waals surface area contributed by atoms with Gasteiger partial charge in [0.25, 0.3) is 0 Å². The van der Waals surface area contributed by atoms with Crippen LogP contribution in [0.1, 0.15) is 19.3 Å². The van der Waals surface area contributed by atoms with Crippen molar-refractivity contribution in [2.45, 2.75) is 28.9 Å². The van der Waals surface area contributed by atoms with Gasteiger partial charge in [-0.2, -0.15) is 0 Å². The highest BCUT2D eigenvalue weighted by Crippen LogP contribution is 2.63. The molecule has 1 aromatic carbocycles. The van der Waals surface area contributed by atoms with E-state index in [-0.39, 0.29) is 4.75 Å². The fourth-order valence-corrected chi connectivity index (χ4v) is 5.06. The number of nitrogens with one attached hydrogen (secondary N) is 1. The molecule has 4 rings (SSSR count). The van der Waals surface area contributed by atoms with Crippen molar-refractivity contribution >= 4 is 9.73 Å². The number of rotatable bonds is 2. The van der Waals surface area contributed by atoms with Crippen LogP contribution in [0.4, 0.5) is 0 Å². The van der Waals surface area contributed by atoms with Crippen molar-refractivity contribution < 1.29 is 4.21 Å². The first-order chi connectivity index (χ1) is 6.64. The standard InChI is InChI=1S/C11H13NOS/c12-14(13,10-4-2-1-3-5-10)11-6-9(7-11)8-11/h1-5,9,12H,6-8H2. The zero-order chi connectivity index (χ0) is 9.81. The van der Waals surface area contributed by atoms with E-state index in [1.165, 1.54) is 0 Å². The van der Waals surface area contributed by atoms with Crippen molar-refractivity contribution in [3.8, 4) is 0 Å². The van der Waals surface area contributed by atoms with Gasteiger partial charge >= 0.3 is 0 Å². The number of hydrogen-bond acceptors (Lipinski definition) is 2. The molecule has 2 bridgehead atoms. The maximum absolute atomic E-state index is 12.4. The molecule has 0 radical (unpaired) electrons. The van der Waals surface area contributed by atoms with Gasteiger partial charge in [0.05, 0.1) is 14.5 Å². The van der Waals surface area contributed by atoms with Crippen LogP contribution in [0.2, 0.25) is 0 Å². The summed E-state index contributed by atoms with van der Waals surface area (Å²) in [6.07, 6.45) is 3.05. The Morgan fingerprint density at radius 2 is 1.79 bits per heavy atom. The zero-order valence-electron chi connectivity index (χ0n) is 7.90. The van der Waals surface area contributed by atoms with E-state index in [0.29, 0.717) is 0 Å². The van der Waals surface area contributed by atoms with Gasteiger partial charge in [-0.25, -0.2) is 8.99 Å². The minimum Gasteiger partial charge on any atom is -0.248 e. The second-order valence-electron chi connectivity index (χ2n) is 4.53. The zero-order valence-corrected chi connectivity index (χ0v) is 8.72. The normalized spacial score (nSPS) is 37.9. The van der Waals surface area contributed by atoms with Gasteiger partial charge in [0.1, 0.15) is 0 Å². The van der Waals surface area contributed by atoms with Crippen molar-refractivity contribution in [2.24, 2.45) is 5.92 Å². The first kappa shape index (κ1) is 8.48. The van der Waals surface area contributed by atoms with Crippen LogP contribution in [-0.4, -0.2) is 8.96 Å². The van der Waals surface area contributed by atoms with Crippen molar-refractivity contribution in [3.05, 3.63) is 30.3 Å². The van der Waals surface area contributed by atoms with Gasteiger partial charge in [0, 0.05) is 4.90 Å². The molecule has 14 heavy (non-hydrogen) atoms. The fourth-order valence-electron chi connectivity index (χ4n) is 2.61. The van der Waals surface area contributed by atoms with Crippen LogP contribution in [0.3, 0.4) is 0 Å². The van der Waals surface area contributed by atoms with E-state index in [0.717, 1.165) is 30.1 Å². The Hall–Kier alpha value is -0.830. The Balaban J connectivity index is 2.05. The minimum atomic E-state index is -2.54. The van der Waals surface area contributed by atoms with E-state index in [9.17, 15) is 4.21 Å². The lowest BCUT2D eigenvalue weighted by Gasteiger charge is -2.61. The summed E-state index contributed by atoms with van der Waals surface area (Å²) in [6, 6.07) is 9.30. The average Bonchev–Trinajstić information content (AvgIpc) is 1.99. The van der Waals surface area contributed by atoms with E-state index >= 15 is 0 Å². The van der Waals surface area contributed by atoms with Crippen molar-refractivity contribution in [3.63, 3.8) is 0 Å². The van der Waals surface area contributed by atoms with Gasteiger partial charge in [-0.15, -0.1) is 0 Å². The van der Waals surface area contributed by atoms with E-state index in [2.05, 4.69) is 0 Å². The Labute approximate surface area is 84.3 Å². The van der Waals surface area contributed by atoms with E-state index in [4.69, 9.17) is 4.78 Å². The second kappa shape index (κ2) is 2.40. The van der Waals surface area contributed by atoms with Crippen LogP contribution >= 0.6 is 0 Å². The molecule has 0 heterocycles. The molecule has 1 aromatic rings. The molecule has 0 amide bonds. The summed E-state index contributed by atoms with van der Waals surface area (Å²) in [5, 5.41) is 0. The van der Waals surface area contributed by atoms with Gasteiger partial charge in [0.15, 0.2) is 0 Å². The van der Waals surface area contributed by atoms with E-state index in [1.54, 1.807) is 0 Å². The maximum atomic E-state index is 12.4. The molecule has 0 aliphatic heterocycles. The predicted molar refractivity (Wildman–Crippen MR) is 55.6 cm³/mol. The molecule has 1 atom stereocenters. The first-order valence-electron chi connectivity index (χ1n) is 4.98. The molecule has 3 aliphatic rings. The lowest BCUT2D eigenvalue weighted by molar-refractivity contribution is 0.0512. The summed E-state index contributed by atoms with van der Waals surface area (Å²) in [7, 11) is -2.54. The van der Waals surface area contributed by atoms with Crippen molar-refractivity contribution in [2.75, 3.05) is 0 Å². The lowest BCUT2D eigenvalue weighted by Crippen LogP contribution is -2.62. The van der Waals surface area contributed by atoms with Crippen molar-refractivity contribution in [1.82, 2.24) is 0 Å². The molecule has 1 unspecified atom stereocenters. The SMILES string of the molecule is N=S(=O)(c1ccccc1)C12CC(C1)C2. The summed E-state index contributed by atoms with van der Waals surface area (Å²) < 4.78 is 20.3. The molecule has 3 saturated carbocycles. The molecule has 0 saturated heterocycles. The molecule has 3 heteroatoms. The van der Waals surface area contributed by atoms with E-state index < -0.39 is 9.73 Å². The third-order valence-corrected chi connectivity index (χ3v) is 6.32. The van der Waals surface area contributed by atoms with Crippen LogP contribution in [-0.2, 0) is 9.73 Å². The van der Waals surface area contributed by atoms with Gasteiger partial charge in [-0.05, 0) is 37.3 Å². The lowest BCUT2D eigenvalue weighted by atomic mass is 9.55. The average molecular weight is 207 g/mol. The summed E-state index contributed by atoms with van der Waals surface area (Å²) in [5.74, 6) is 0.782. The molecular weight excluding hydrogens is 194 g/mol. The quantitative estimate of drug-likeness (QED) is 0.795. The molecule has 3 fully saturated rings. The molecule has 1 N–H and O–H groups in total. The predicted octanol–water partition coefficient (Wildman–Crippen LogP) is 2.64. The highest BCUT2D eigenvalue weighted by Gasteiger charge is 2.62. The molecule has 2 nitrogen and oxygen atoms in total. The molecular formula is C11H13NOS. The topological polar surface area (TPSA) is 40.9 Å². The minimum absolute atomic E-state index is 0.140. The first-order valence-corrected chi connectivity index (χ1v) is 6.53. The molecule has 74 valence electrons. The van der Waals surface area contributed by atoms with Gasteiger partial charge in [0.2, 0.25) is 0 Å².